The average Bonchev–Trinajstić information content (AvgIpc) is 2.12. The van der Waals surface area contributed by atoms with E-state index >= 15 is 0 Å². The van der Waals surface area contributed by atoms with Gasteiger partial charge >= 0.3 is 0 Å². The van der Waals surface area contributed by atoms with Crippen LogP contribution in [0.3, 0.4) is 0 Å². The van der Waals surface area contributed by atoms with Crippen molar-refractivity contribution < 1.29 is 4.21 Å². The zero-order valence-corrected chi connectivity index (χ0v) is 9.51. The fourth-order valence-electron chi connectivity index (χ4n) is 1.47. The zero-order chi connectivity index (χ0) is 9.84. The van der Waals surface area contributed by atoms with Gasteiger partial charge < -0.3 is 0 Å². The summed E-state index contributed by atoms with van der Waals surface area (Å²) in [5.74, 6) is 0. The van der Waals surface area contributed by atoms with Crippen molar-refractivity contribution in [1.29, 1.82) is 0 Å². The number of rotatable bonds is 3. The topological polar surface area (TPSA) is 20.3 Å². The molecule has 0 aromatic carbocycles. The zero-order valence-electron chi connectivity index (χ0n) is 8.69. The van der Waals surface area contributed by atoms with E-state index in [9.17, 15) is 4.21 Å². The maximum Gasteiger partial charge on any atom is 0.102 e. The maximum absolute atomic E-state index is 11.8. The summed E-state index contributed by atoms with van der Waals surface area (Å²) in [6, 6.07) is 0.337. The van der Waals surface area contributed by atoms with Crippen molar-refractivity contribution in [2.24, 2.45) is 0 Å². The van der Waals surface area contributed by atoms with E-state index in [1.807, 2.05) is 6.92 Å². The van der Waals surface area contributed by atoms with Crippen LogP contribution in [-0.4, -0.2) is 26.4 Å². The van der Waals surface area contributed by atoms with Gasteiger partial charge in [-0.25, -0.2) is 8.51 Å². The molecule has 0 aliphatic carbocycles. The molecule has 1 rings (SSSR count). The fraction of sp³-hybridized carbons (Fsp3) is 0.800. The van der Waals surface area contributed by atoms with Gasteiger partial charge in [-0.05, 0) is 20.3 Å². The highest BCUT2D eigenvalue weighted by molar-refractivity contribution is 7.83. The van der Waals surface area contributed by atoms with Crippen LogP contribution in [0.2, 0.25) is 0 Å². The van der Waals surface area contributed by atoms with Crippen LogP contribution in [0.5, 0.6) is 0 Å². The summed E-state index contributed by atoms with van der Waals surface area (Å²) in [5.41, 5.74) is 0. The van der Waals surface area contributed by atoms with Gasteiger partial charge in [0.25, 0.3) is 0 Å². The molecule has 2 nitrogen and oxygen atoms in total. The summed E-state index contributed by atoms with van der Waals surface area (Å²) in [4.78, 5) is 0. The number of hydrogen-bond acceptors (Lipinski definition) is 1. The molecule has 0 bridgehead atoms. The highest BCUT2D eigenvalue weighted by Gasteiger charge is 2.24. The molecule has 1 heterocycles. The van der Waals surface area contributed by atoms with Crippen molar-refractivity contribution >= 4 is 11.0 Å². The van der Waals surface area contributed by atoms with Crippen LogP contribution in [-0.2, 0) is 11.0 Å². The third-order valence-electron chi connectivity index (χ3n) is 2.40. The molecule has 0 aromatic heterocycles. The van der Waals surface area contributed by atoms with E-state index in [0.29, 0.717) is 6.04 Å². The Morgan fingerprint density at radius 1 is 1.38 bits per heavy atom. The Morgan fingerprint density at radius 2 is 2.08 bits per heavy atom. The van der Waals surface area contributed by atoms with E-state index in [1.165, 1.54) is 6.42 Å². The Balaban J connectivity index is 2.60. The summed E-state index contributed by atoms with van der Waals surface area (Å²) in [6.45, 7) is 7.24. The molecule has 0 N–H and O–H groups in total. The Labute approximate surface area is 83.6 Å². The molecule has 0 radical (unpaired) electrons. The predicted octanol–water partition coefficient (Wildman–Crippen LogP) is 2.10. The summed E-state index contributed by atoms with van der Waals surface area (Å²) >= 11 is 0. The minimum atomic E-state index is -0.808. The lowest BCUT2D eigenvalue weighted by Crippen LogP contribution is -2.41. The van der Waals surface area contributed by atoms with Gasteiger partial charge in [0.1, 0.15) is 11.0 Å². The molecule has 13 heavy (non-hydrogen) atoms. The molecule has 0 spiro atoms. The number of nitrogens with zero attached hydrogens (tertiary/aromatic N) is 1. The Kier molecular flexibility index (Phi) is 4.13. The second-order valence-corrected chi connectivity index (χ2v) is 5.37. The lowest BCUT2D eigenvalue weighted by Gasteiger charge is -2.31. The highest BCUT2D eigenvalue weighted by Crippen LogP contribution is 2.17. The molecular formula is C10H19NOS. The molecule has 1 aliphatic heterocycles. The molecule has 3 heteroatoms. The third-order valence-corrected chi connectivity index (χ3v) is 4.17. The van der Waals surface area contributed by atoms with Gasteiger partial charge in [-0.3, -0.25) is 0 Å². The largest absolute Gasteiger partial charge is 0.242 e. The van der Waals surface area contributed by atoms with Crippen LogP contribution >= 0.6 is 0 Å². The summed E-state index contributed by atoms with van der Waals surface area (Å²) in [7, 11) is -0.808. The van der Waals surface area contributed by atoms with Crippen molar-refractivity contribution in [3.63, 3.8) is 0 Å². The van der Waals surface area contributed by atoms with Gasteiger partial charge in [-0.15, -0.1) is 0 Å². The van der Waals surface area contributed by atoms with Gasteiger partial charge in [0.2, 0.25) is 0 Å². The smallest absolute Gasteiger partial charge is 0.102 e. The maximum atomic E-state index is 11.8. The first-order chi connectivity index (χ1) is 6.16. The first-order valence-electron chi connectivity index (χ1n) is 5.02. The minimum Gasteiger partial charge on any atom is -0.242 e. The van der Waals surface area contributed by atoms with Crippen molar-refractivity contribution in [3.05, 3.63) is 12.2 Å². The van der Waals surface area contributed by atoms with Crippen molar-refractivity contribution in [3.8, 4) is 0 Å². The molecule has 1 unspecified atom stereocenters. The first-order valence-corrected chi connectivity index (χ1v) is 6.19. The average molecular weight is 201 g/mol. The van der Waals surface area contributed by atoms with Gasteiger partial charge in [-0.2, -0.15) is 0 Å². The monoisotopic (exact) mass is 201 g/mol. The standard InChI is InChI=1S/C10H19NOS/c1-4-5-8-11-9(2)6-7-10(3)13(11)12/h6-7,9-10H,4-5,8H2,1-3H3/t9-,10+,13?/m0/s1. The van der Waals surface area contributed by atoms with Crippen LogP contribution in [0, 0.1) is 0 Å². The molecule has 0 amide bonds. The molecule has 0 aromatic rings. The number of hydrogen-bond donors (Lipinski definition) is 0. The SMILES string of the molecule is CCCCN1[C@@H](C)C=C[C@@H](C)S1=O. The van der Waals surface area contributed by atoms with E-state index in [1.54, 1.807) is 0 Å². The van der Waals surface area contributed by atoms with Crippen molar-refractivity contribution in [2.45, 2.75) is 44.9 Å². The third kappa shape index (κ3) is 2.64. The van der Waals surface area contributed by atoms with Crippen LogP contribution in [0.1, 0.15) is 33.6 Å². The highest BCUT2D eigenvalue weighted by atomic mass is 32.2. The number of unbranched alkanes of at least 4 members (excludes halogenated alkanes) is 1. The molecule has 0 saturated heterocycles. The molecule has 0 saturated carbocycles. The quantitative estimate of drug-likeness (QED) is 0.640. The molecular weight excluding hydrogens is 182 g/mol. The van der Waals surface area contributed by atoms with Crippen LogP contribution in [0.4, 0.5) is 0 Å². The second-order valence-electron chi connectivity index (χ2n) is 3.60. The second kappa shape index (κ2) is 4.91. The lowest BCUT2D eigenvalue weighted by molar-refractivity contribution is 0.388. The van der Waals surface area contributed by atoms with Crippen LogP contribution in [0.15, 0.2) is 12.2 Å². The summed E-state index contributed by atoms with van der Waals surface area (Å²) in [6.07, 6.45) is 6.51. The lowest BCUT2D eigenvalue weighted by atomic mass is 10.2. The van der Waals surface area contributed by atoms with E-state index in [2.05, 4.69) is 30.3 Å². The van der Waals surface area contributed by atoms with E-state index < -0.39 is 11.0 Å². The van der Waals surface area contributed by atoms with Crippen LogP contribution < -0.4 is 0 Å². The van der Waals surface area contributed by atoms with Crippen molar-refractivity contribution in [1.82, 2.24) is 4.31 Å². The predicted molar refractivity (Wildman–Crippen MR) is 57.8 cm³/mol. The Hall–Kier alpha value is -0.150. The molecule has 3 atom stereocenters. The molecule has 76 valence electrons. The summed E-state index contributed by atoms with van der Waals surface area (Å²) < 4.78 is 13.9. The Bertz CT molecular complexity index is 215. The van der Waals surface area contributed by atoms with Crippen molar-refractivity contribution in [2.75, 3.05) is 6.54 Å². The van der Waals surface area contributed by atoms with Gasteiger partial charge in [0, 0.05) is 12.6 Å². The normalized spacial score (nSPS) is 35.2. The Morgan fingerprint density at radius 3 is 2.69 bits per heavy atom. The van der Waals surface area contributed by atoms with E-state index in [-0.39, 0.29) is 5.25 Å². The van der Waals surface area contributed by atoms with Crippen LogP contribution in [0.25, 0.3) is 0 Å². The fourth-order valence-corrected chi connectivity index (χ4v) is 2.82. The molecule has 0 fully saturated rings. The van der Waals surface area contributed by atoms with Gasteiger partial charge in [-0.1, -0.05) is 25.5 Å². The van der Waals surface area contributed by atoms with E-state index in [0.717, 1.165) is 13.0 Å². The van der Waals surface area contributed by atoms with Gasteiger partial charge in [0.05, 0.1) is 5.25 Å². The molecule has 1 aliphatic rings. The van der Waals surface area contributed by atoms with Gasteiger partial charge in [0.15, 0.2) is 0 Å². The summed E-state index contributed by atoms with van der Waals surface area (Å²) in [5, 5.41) is 0.188. The van der Waals surface area contributed by atoms with E-state index in [4.69, 9.17) is 0 Å². The minimum absolute atomic E-state index is 0.188. The first kappa shape index (κ1) is 10.9.